The Morgan fingerprint density at radius 2 is 2.18 bits per heavy atom. The first-order valence-corrected chi connectivity index (χ1v) is 6.10. The molecule has 0 heterocycles. The number of rotatable bonds is 4. The maximum atomic E-state index is 11.8. The highest BCUT2D eigenvalue weighted by atomic mass is 79.9. The highest BCUT2D eigenvalue weighted by Crippen LogP contribution is 2.18. The lowest BCUT2D eigenvalue weighted by molar-refractivity contribution is 0.0952. The van der Waals surface area contributed by atoms with Crippen LogP contribution in [0.2, 0.25) is 0 Å². The van der Waals surface area contributed by atoms with E-state index < -0.39 is 0 Å². The van der Waals surface area contributed by atoms with Crippen LogP contribution in [-0.2, 0) is 0 Å². The summed E-state index contributed by atoms with van der Waals surface area (Å²) in [5, 5.41) is 2.84. The van der Waals surface area contributed by atoms with Crippen molar-refractivity contribution in [2.45, 2.75) is 26.3 Å². The third-order valence-electron chi connectivity index (χ3n) is 2.25. The van der Waals surface area contributed by atoms with Crippen molar-refractivity contribution < 1.29 is 4.79 Å². The van der Waals surface area contributed by atoms with Crippen molar-refractivity contribution >= 4 is 34.2 Å². The zero-order valence-electron chi connectivity index (χ0n) is 10.00. The van der Waals surface area contributed by atoms with Crippen LogP contribution in [0.3, 0.4) is 0 Å². The van der Waals surface area contributed by atoms with Crippen LogP contribution in [0.1, 0.15) is 29.3 Å². The first-order valence-electron chi connectivity index (χ1n) is 5.30. The Labute approximate surface area is 117 Å². The molecule has 0 aromatic heterocycles. The number of aryl methyl sites for hydroxylation is 1. The van der Waals surface area contributed by atoms with Crippen molar-refractivity contribution in [2.75, 3.05) is 6.54 Å². The lowest BCUT2D eigenvalue weighted by atomic mass is 10.1. The number of hydrogen-bond donors (Lipinski definition) is 2. The van der Waals surface area contributed by atoms with E-state index in [9.17, 15) is 4.79 Å². The minimum atomic E-state index is -0.0625. The molecule has 1 aromatic carbocycles. The fourth-order valence-corrected chi connectivity index (χ4v) is 1.99. The minimum absolute atomic E-state index is 0. The first-order chi connectivity index (χ1) is 7.50. The highest BCUT2D eigenvalue weighted by Gasteiger charge is 2.09. The third kappa shape index (κ3) is 5.52. The lowest BCUT2D eigenvalue weighted by Gasteiger charge is -2.08. The minimum Gasteiger partial charge on any atom is -0.352 e. The molecule has 0 fully saturated rings. The zero-order chi connectivity index (χ0) is 12.1. The van der Waals surface area contributed by atoms with Crippen molar-refractivity contribution in [3.63, 3.8) is 0 Å². The summed E-state index contributed by atoms with van der Waals surface area (Å²) in [6, 6.07) is 5.79. The lowest BCUT2D eigenvalue weighted by Crippen LogP contribution is -2.29. The molecule has 3 N–H and O–H groups in total. The maximum absolute atomic E-state index is 11.8. The van der Waals surface area contributed by atoms with E-state index in [1.807, 2.05) is 32.0 Å². The Hall–Kier alpha value is -0.580. The van der Waals surface area contributed by atoms with E-state index in [1.54, 1.807) is 0 Å². The number of carbonyl (C=O) groups is 1. The van der Waals surface area contributed by atoms with Gasteiger partial charge in [0.05, 0.1) is 5.56 Å². The molecular weight excluding hydrogens is 304 g/mol. The number of hydrogen-bond acceptors (Lipinski definition) is 2. The summed E-state index contributed by atoms with van der Waals surface area (Å²) in [6.45, 7) is 4.52. The molecule has 17 heavy (non-hydrogen) atoms. The average molecular weight is 322 g/mol. The fourth-order valence-electron chi connectivity index (χ4n) is 1.31. The van der Waals surface area contributed by atoms with Crippen LogP contribution in [-0.4, -0.2) is 18.5 Å². The van der Waals surface area contributed by atoms with Gasteiger partial charge in [0, 0.05) is 17.1 Å². The van der Waals surface area contributed by atoms with Gasteiger partial charge in [-0.05, 0) is 53.9 Å². The second-order valence-electron chi connectivity index (χ2n) is 4.01. The molecule has 1 aromatic rings. The summed E-state index contributed by atoms with van der Waals surface area (Å²) in [4.78, 5) is 11.8. The Morgan fingerprint density at radius 3 is 2.71 bits per heavy atom. The number of nitrogens with two attached hydrogens (primary N) is 1. The van der Waals surface area contributed by atoms with E-state index in [0.717, 1.165) is 16.5 Å². The molecule has 0 spiro atoms. The van der Waals surface area contributed by atoms with Crippen LogP contribution >= 0.6 is 28.3 Å². The summed E-state index contributed by atoms with van der Waals surface area (Å²) in [5.41, 5.74) is 7.39. The normalized spacial score (nSPS) is 11.5. The largest absolute Gasteiger partial charge is 0.352 e. The number of halogens is 2. The molecule has 3 nitrogen and oxygen atoms in total. The molecule has 1 unspecified atom stereocenters. The SMILES string of the molecule is Cc1ccc(C(=O)NCCC(C)N)c(Br)c1.Cl. The molecule has 0 saturated carbocycles. The third-order valence-corrected chi connectivity index (χ3v) is 2.91. The van der Waals surface area contributed by atoms with E-state index in [2.05, 4.69) is 21.2 Å². The van der Waals surface area contributed by atoms with Crippen LogP contribution < -0.4 is 11.1 Å². The second-order valence-corrected chi connectivity index (χ2v) is 4.86. The Morgan fingerprint density at radius 1 is 1.53 bits per heavy atom. The van der Waals surface area contributed by atoms with Crippen molar-refractivity contribution in [1.82, 2.24) is 5.32 Å². The number of amides is 1. The summed E-state index contributed by atoms with van der Waals surface area (Å²) < 4.78 is 0.825. The summed E-state index contributed by atoms with van der Waals surface area (Å²) in [7, 11) is 0. The second kappa shape index (κ2) is 7.69. The van der Waals surface area contributed by atoms with Crippen LogP contribution in [0.15, 0.2) is 22.7 Å². The average Bonchev–Trinajstić information content (AvgIpc) is 2.16. The van der Waals surface area contributed by atoms with Gasteiger partial charge in [-0.25, -0.2) is 0 Å². The number of benzene rings is 1. The zero-order valence-corrected chi connectivity index (χ0v) is 12.4. The van der Waals surface area contributed by atoms with Crippen molar-refractivity contribution in [2.24, 2.45) is 5.73 Å². The molecule has 5 heteroatoms. The molecule has 0 aliphatic heterocycles. The molecule has 0 bridgehead atoms. The molecule has 0 aliphatic rings. The molecule has 0 saturated heterocycles. The molecule has 1 amide bonds. The molecule has 1 atom stereocenters. The smallest absolute Gasteiger partial charge is 0.252 e. The van der Waals surface area contributed by atoms with Gasteiger partial charge in [-0.1, -0.05) is 6.07 Å². The Kier molecular flexibility index (Phi) is 7.43. The van der Waals surface area contributed by atoms with E-state index >= 15 is 0 Å². The Balaban J connectivity index is 0.00000256. The van der Waals surface area contributed by atoms with Gasteiger partial charge in [0.1, 0.15) is 0 Å². The van der Waals surface area contributed by atoms with Crippen LogP contribution in [0, 0.1) is 6.92 Å². The van der Waals surface area contributed by atoms with E-state index in [4.69, 9.17) is 5.73 Å². The molecule has 1 rings (SSSR count). The van der Waals surface area contributed by atoms with Gasteiger partial charge in [0.15, 0.2) is 0 Å². The van der Waals surface area contributed by atoms with E-state index in [-0.39, 0.29) is 24.4 Å². The summed E-state index contributed by atoms with van der Waals surface area (Å²) in [5.74, 6) is -0.0625. The predicted octanol–water partition coefficient (Wildman–Crippen LogP) is 2.65. The monoisotopic (exact) mass is 320 g/mol. The van der Waals surface area contributed by atoms with E-state index in [0.29, 0.717) is 12.1 Å². The first kappa shape index (κ1) is 16.4. The highest BCUT2D eigenvalue weighted by molar-refractivity contribution is 9.10. The predicted molar refractivity (Wildman–Crippen MR) is 76.7 cm³/mol. The van der Waals surface area contributed by atoms with Gasteiger partial charge in [-0.2, -0.15) is 0 Å². The topological polar surface area (TPSA) is 55.1 Å². The van der Waals surface area contributed by atoms with Crippen molar-refractivity contribution in [3.05, 3.63) is 33.8 Å². The maximum Gasteiger partial charge on any atom is 0.252 e. The molecule has 0 radical (unpaired) electrons. The van der Waals surface area contributed by atoms with Gasteiger partial charge in [-0.3, -0.25) is 4.79 Å². The van der Waals surface area contributed by atoms with Crippen LogP contribution in [0.5, 0.6) is 0 Å². The van der Waals surface area contributed by atoms with Gasteiger partial charge >= 0.3 is 0 Å². The van der Waals surface area contributed by atoms with Crippen LogP contribution in [0.4, 0.5) is 0 Å². The van der Waals surface area contributed by atoms with Gasteiger partial charge < -0.3 is 11.1 Å². The van der Waals surface area contributed by atoms with E-state index in [1.165, 1.54) is 0 Å². The fraction of sp³-hybridized carbons (Fsp3) is 0.417. The summed E-state index contributed by atoms with van der Waals surface area (Å²) in [6.07, 6.45) is 0.787. The number of carbonyl (C=O) groups excluding carboxylic acids is 1. The van der Waals surface area contributed by atoms with Gasteiger partial charge in [0.25, 0.3) is 5.91 Å². The molecule has 96 valence electrons. The molecular formula is C12H18BrClN2O. The summed E-state index contributed by atoms with van der Waals surface area (Å²) >= 11 is 3.38. The molecule has 0 aliphatic carbocycles. The Bertz CT molecular complexity index is 383. The van der Waals surface area contributed by atoms with Crippen LogP contribution in [0.25, 0.3) is 0 Å². The van der Waals surface area contributed by atoms with Gasteiger partial charge in [0.2, 0.25) is 0 Å². The number of nitrogens with one attached hydrogen (secondary N) is 1. The van der Waals surface area contributed by atoms with Crippen molar-refractivity contribution in [1.29, 1.82) is 0 Å². The quantitative estimate of drug-likeness (QED) is 0.896. The van der Waals surface area contributed by atoms with Gasteiger partial charge in [-0.15, -0.1) is 12.4 Å². The van der Waals surface area contributed by atoms with Crippen molar-refractivity contribution in [3.8, 4) is 0 Å². The standard InChI is InChI=1S/C12H17BrN2O.ClH/c1-8-3-4-10(11(13)7-8)12(16)15-6-5-9(2)14;/h3-4,7,9H,5-6,14H2,1-2H3,(H,15,16);1H.